The number of carbonyl (C=O) groups excluding carboxylic acids is 1. The van der Waals surface area contributed by atoms with Crippen molar-refractivity contribution in [1.29, 1.82) is 0 Å². The Morgan fingerprint density at radius 3 is 2.57 bits per heavy atom. The van der Waals surface area contributed by atoms with Crippen LogP contribution in [0, 0.1) is 18.6 Å². The van der Waals surface area contributed by atoms with E-state index in [0.29, 0.717) is 15.7 Å². The van der Waals surface area contributed by atoms with Crippen LogP contribution in [-0.4, -0.2) is 25.1 Å². The highest BCUT2D eigenvalue weighted by Crippen LogP contribution is 2.20. The van der Waals surface area contributed by atoms with Crippen molar-refractivity contribution in [2.75, 3.05) is 5.32 Å². The maximum atomic E-state index is 13.9. The molecule has 0 fully saturated rings. The summed E-state index contributed by atoms with van der Waals surface area (Å²) in [5, 5.41) is 6.61. The summed E-state index contributed by atoms with van der Waals surface area (Å²) >= 11 is 3.14. The largest absolute Gasteiger partial charge is 0.352 e. The molecule has 10 heteroatoms. The Morgan fingerprint density at radius 2 is 1.87 bits per heavy atom. The quantitative estimate of drug-likeness (QED) is 0.491. The number of hydrogen-bond donors (Lipinski definition) is 1. The Labute approximate surface area is 177 Å². The normalized spacial score (nSPS) is 11.1. The van der Waals surface area contributed by atoms with Crippen molar-refractivity contribution >= 4 is 33.2 Å². The molecule has 0 aliphatic heterocycles. The van der Waals surface area contributed by atoms with E-state index >= 15 is 0 Å². The second kappa shape index (κ2) is 7.79. The van der Waals surface area contributed by atoms with Crippen molar-refractivity contribution < 1.29 is 13.6 Å². The number of halogens is 3. The van der Waals surface area contributed by atoms with Crippen molar-refractivity contribution in [2.24, 2.45) is 0 Å². The van der Waals surface area contributed by atoms with Gasteiger partial charge in [-0.15, -0.1) is 5.10 Å². The lowest BCUT2D eigenvalue weighted by Crippen LogP contribution is -2.29. The summed E-state index contributed by atoms with van der Waals surface area (Å²) in [6.07, 6.45) is 0. The van der Waals surface area contributed by atoms with Gasteiger partial charge in [-0.2, -0.15) is 0 Å². The summed E-state index contributed by atoms with van der Waals surface area (Å²) in [4.78, 5) is 29.6. The van der Waals surface area contributed by atoms with Crippen LogP contribution in [0.1, 0.15) is 5.69 Å². The molecular formula is C20H14BrF2N5O2. The number of rotatable bonds is 4. The van der Waals surface area contributed by atoms with Gasteiger partial charge in [0.05, 0.1) is 5.69 Å². The average molecular weight is 474 g/mol. The first-order valence-corrected chi connectivity index (χ1v) is 9.59. The summed E-state index contributed by atoms with van der Waals surface area (Å²) in [5.74, 6) is -1.36. The molecule has 0 aliphatic carbocycles. The first-order valence-electron chi connectivity index (χ1n) is 8.80. The zero-order valence-electron chi connectivity index (χ0n) is 15.6. The fraction of sp³-hybridized carbons (Fsp3) is 0.100. The van der Waals surface area contributed by atoms with Crippen molar-refractivity contribution in [3.05, 3.63) is 80.8 Å². The minimum atomic E-state index is -0.616. The maximum Gasteiger partial charge on any atom is 0.352 e. The molecule has 2 aromatic heterocycles. The van der Waals surface area contributed by atoms with E-state index in [1.54, 1.807) is 19.1 Å². The van der Waals surface area contributed by atoms with E-state index in [0.717, 1.165) is 4.68 Å². The van der Waals surface area contributed by atoms with Crippen LogP contribution < -0.4 is 11.0 Å². The van der Waals surface area contributed by atoms with Gasteiger partial charge in [-0.3, -0.25) is 4.79 Å². The summed E-state index contributed by atoms with van der Waals surface area (Å²) in [6, 6.07) is 11.3. The van der Waals surface area contributed by atoms with Gasteiger partial charge in [0.25, 0.3) is 0 Å². The molecule has 2 aromatic carbocycles. The highest BCUT2D eigenvalue weighted by molar-refractivity contribution is 9.10. The number of fused-ring (bicyclic) bond motifs is 1. The topological polar surface area (TPSA) is 81.3 Å². The molecule has 1 N–H and O–H groups in total. The molecule has 0 saturated carbocycles. The Hall–Kier alpha value is -3.40. The van der Waals surface area contributed by atoms with Gasteiger partial charge in [0.2, 0.25) is 5.91 Å². The summed E-state index contributed by atoms with van der Waals surface area (Å²) in [5.41, 5.74) is 0.802. The lowest BCUT2D eigenvalue weighted by Gasteiger charge is -2.06. The van der Waals surface area contributed by atoms with Gasteiger partial charge < -0.3 is 5.32 Å². The third-order valence-electron chi connectivity index (χ3n) is 4.30. The second-order valence-electron chi connectivity index (χ2n) is 6.53. The molecule has 0 bridgehead atoms. The standard InChI is InChI=1S/C20H14BrF2N5O2/c1-11-8-17-26-27(10-18(29)25-16-7-4-13(21)9-15(16)23)20(30)28(17)19(24-11)12-2-5-14(22)6-3-12/h2-9H,10H2,1H3,(H,25,29). The van der Waals surface area contributed by atoms with Gasteiger partial charge in [0.1, 0.15) is 24.0 Å². The van der Waals surface area contributed by atoms with Gasteiger partial charge in [-0.05, 0) is 49.4 Å². The predicted molar refractivity (Wildman–Crippen MR) is 110 cm³/mol. The van der Waals surface area contributed by atoms with E-state index in [1.807, 2.05) is 0 Å². The number of aromatic nitrogens is 4. The lowest BCUT2D eigenvalue weighted by atomic mass is 10.2. The lowest BCUT2D eigenvalue weighted by molar-refractivity contribution is -0.117. The zero-order chi connectivity index (χ0) is 21.4. The number of aryl methyl sites for hydroxylation is 1. The molecule has 1 amide bonds. The molecule has 0 radical (unpaired) electrons. The molecule has 4 rings (SSSR count). The van der Waals surface area contributed by atoms with Crippen molar-refractivity contribution in [3.8, 4) is 11.4 Å². The molecule has 0 aliphatic rings. The predicted octanol–water partition coefficient (Wildman–Crippen LogP) is 3.55. The average Bonchev–Trinajstić information content (AvgIpc) is 2.99. The van der Waals surface area contributed by atoms with Crippen LogP contribution in [0.5, 0.6) is 0 Å². The molecule has 4 aromatic rings. The summed E-state index contributed by atoms with van der Waals surface area (Å²) in [7, 11) is 0. The minimum absolute atomic E-state index is 0.00970. The molecule has 7 nitrogen and oxygen atoms in total. The van der Waals surface area contributed by atoms with Crippen molar-refractivity contribution in [1.82, 2.24) is 19.2 Å². The van der Waals surface area contributed by atoms with Crippen molar-refractivity contribution in [3.63, 3.8) is 0 Å². The number of benzene rings is 2. The fourth-order valence-electron chi connectivity index (χ4n) is 2.97. The number of hydrogen-bond acceptors (Lipinski definition) is 4. The molecule has 152 valence electrons. The molecule has 0 atom stereocenters. The number of amides is 1. The highest BCUT2D eigenvalue weighted by atomic mass is 79.9. The number of nitrogens with one attached hydrogen (secondary N) is 1. The Kier molecular flexibility index (Phi) is 5.17. The fourth-order valence-corrected chi connectivity index (χ4v) is 3.30. The molecule has 30 heavy (non-hydrogen) atoms. The van der Waals surface area contributed by atoms with Crippen LogP contribution in [-0.2, 0) is 11.3 Å². The van der Waals surface area contributed by atoms with E-state index in [4.69, 9.17) is 0 Å². The monoisotopic (exact) mass is 473 g/mol. The first-order chi connectivity index (χ1) is 14.3. The number of carbonyl (C=O) groups is 1. The number of anilines is 1. The molecular weight excluding hydrogens is 460 g/mol. The van der Waals surface area contributed by atoms with Crippen LogP contribution >= 0.6 is 15.9 Å². The van der Waals surface area contributed by atoms with E-state index in [2.05, 4.69) is 31.3 Å². The third kappa shape index (κ3) is 3.86. The van der Waals surface area contributed by atoms with Gasteiger partial charge >= 0.3 is 5.69 Å². The molecule has 0 unspecified atom stereocenters. The minimum Gasteiger partial charge on any atom is -0.322 e. The Balaban J connectivity index is 1.69. The Bertz CT molecular complexity index is 1330. The van der Waals surface area contributed by atoms with E-state index in [-0.39, 0.29) is 17.2 Å². The maximum absolute atomic E-state index is 13.9. The van der Waals surface area contributed by atoms with E-state index < -0.39 is 29.8 Å². The van der Waals surface area contributed by atoms with Gasteiger partial charge in [0, 0.05) is 21.8 Å². The van der Waals surface area contributed by atoms with Crippen LogP contribution in [0.15, 0.2) is 57.8 Å². The summed E-state index contributed by atoms with van der Waals surface area (Å²) in [6.45, 7) is 1.32. The van der Waals surface area contributed by atoms with Gasteiger partial charge in [0.15, 0.2) is 5.65 Å². The number of nitrogens with zero attached hydrogens (tertiary/aromatic N) is 4. The second-order valence-corrected chi connectivity index (χ2v) is 7.45. The zero-order valence-corrected chi connectivity index (χ0v) is 17.2. The smallest absolute Gasteiger partial charge is 0.322 e. The van der Waals surface area contributed by atoms with E-state index in [1.165, 1.54) is 40.8 Å². The molecule has 0 spiro atoms. The highest BCUT2D eigenvalue weighted by Gasteiger charge is 2.17. The summed E-state index contributed by atoms with van der Waals surface area (Å²) < 4.78 is 30.0. The van der Waals surface area contributed by atoms with Gasteiger partial charge in [-0.1, -0.05) is 15.9 Å². The Morgan fingerprint density at radius 1 is 1.13 bits per heavy atom. The first kappa shape index (κ1) is 19.9. The van der Waals surface area contributed by atoms with Crippen LogP contribution in [0.3, 0.4) is 0 Å². The molecule has 0 saturated heterocycles. The van der Waals surface area contributed by atoms with Gasteiger partial charge in [-0.25, -0.2) is 27.6 Å². The third-order valence-corrected chi connectivity index (χ3v) is 4.79. The van der Waals surface area contributed by atoms with Crippen LogP contribution in [0.25, 0.3) is 17.0 Å². The SMILES string of the molecule is Cc1cc2nn(CC(=O)Nc3ccc(Br)cc3F)c(=O)n2c(-c2ccc(F)cc2)n1. The van der Waals surface area contributed by atoms with E-state index in [9.17, 15) is 18.4 Å². The van der Waals surface area contributed by atoms with Crippen molar-refractivity contribution in [2.45, 2.75) is 13.5 Å². The van der Waals surface area contributed by atoms with Crippen LogP contribution in [0.4, 0.5) is 14.5 Å². The molecule has 2 heterocycles. The van der Waals surface area contributed by atoms with Crippen LogP contribution in [0.2, 0.25) is 0 Å².